The molecule has 0 amide bonds. The minimum atomic E-state index is 0.688. The summed E-state index contributed by atoms with van der Waals surface area (Å²) < 4.78 is 5.66. The van der Waals surface area contributed by atoms with Crippen molar-refractivity contribution in [3.63, 3.8) is 0 Å². The molecular weight excluding hydrogens is 200 g/mol. The molecule has 1 saturated carbocycles. The zero-order chi connectivity index (χ0) is 11.4. The number of rotatable bonds is 7. The smallest absolute Gasteiger partial charge is 0.0593 e. The lowest BCUT2D eigenvalue weighted by Crippen LogP contribution is -2.39. The van der Waals surface area contributed by atoms with E-state index >= 15 is 0 Å². The Bertz CT molecular complexity index is 206. The maximum absolute atomic E-state index is 5.66. The maximum atomic E-state index is 5.66. The molecule has 2 fully saturated rings. The average molecular weight is 226 g/mol. The predicted octanol–water partition coefficient (Wildman–Crippen LogP) is 1.34. The first kappa shape index (κ1) is 12.3. The van der Waals surface area contributed by atoms with E-state index in [-0.39, 0.29) is 0 Å². The minimum absolute atomic E-state index is 0.688. The van der Waals surface area contributed by atoms with E-state index in [0.29, 0.717) is 6.04 Å². The van der Waals surface area contributed by atoms with Crippen LogP contribution in [0.4, 0.5) is 0 Å². The molecule has 0 spiro atoms. The Labute approximate surface area is 99.5 Å². The minimum Gasteiger partial charge on any atom is -0.380 e. The van der Waals surface area contributed by atoms with Crippen LogP contribution in [0.3, 0.4) is 0 Å². The van der Waals surface area contributed by atoms with Crippen LogP contribution in [0.2, 0.25) is 0 Å². The monoisotopic (exact) mass is 226 g/mol. The SMILES string of the molecule is CC1CCNC1CN(C)CCOCC1CC1. The van der Waals surface area contributed by atoms with Crippen LogP contribution in [0.1, 0.15) is 26.2 Å². The number of ether oxygens (including phenoxy) is 1. The van der Waals surface area contributed by atoms with Crippen molar-refractivity contribution in [2.45, 2.75) is 32.2 Å². The Kier molecular flexibility index (Phi) is 4.62. The Hall–Kier alpha value is -0.120. The highest BCUT2D eigenvalue weighted by atomic mass is 16.5. The normalized spacial score (nSPS) is 30.2. The van der Waals surface area contributed by atoms with Gasteiger partial charge in [0.25, 0.3) is 0 Å². The van der Waals surface area contributed by atoms with Gasteiger partial charge < -0.3 is 15.0 Å². The van der Waals surface area contributed by atoms with Gasteiger partial charge in [-0.1, -0.05) is 6.92 Å². The van der Waals surface area contributed by atoms with E-state index in [2.05, 4.69) is 24.2 Å². The molecule has 2 rings (SSSR count). The van der Waals surface area contributed by atoms with Gasteiger partial charge in [-0.05, 0) is 44.7 Å². The highest BCUT2D eigenvalue weighted by Crippen LogP contribution is 2.28. The molecule has 2 atom stereocenters. The Morgan fingerprint density at radius 3 is 2.75 bits per heavy atom. The number of hydrogen-bond acceptors (Lipinski definition) is 3. The first-order valence-electron chi connectivity index (χ1n) is 6.75. The van der Waals surface area contributed by atoms with Crippen molar-refractivity contribution in [1.82, 2.24) is 10.2 Å². The van der Waals surface area contributed by atoms with Gasteiger partial charge in [-0.3, -0.25) is 0 Å². The largest absolute Gasteiger partial charge is 0.380 e. The van der Waals surface area contributed by atoms with Crippen LogP contribution in [0.25, 0.3) is 0 Å². The van der Waals surface area contributed by atoms with Gasteiger partial charge in [0.05, 0.1) is 6.61 Å². The van der Waals surface area contributed by atoms with Crippen LogP contribution in [0.15, 0.2) is 0 Å². The van der Waals surface area contributed by atoms with E-state index in [9.17, 15) is 0 Å². The molecular formula is C13H26N2O. The van der Waals surface area contributed by atoms with Crippen LogP contribution in [-0.4, -0.2) is 50.8 Å². The van der Waals surface area contributed by atoms with E-state index in [0.717, 1.165) is 38.1 Å². The Morgan fingerprint density at radius 1 is 1.31 bits per heavy atom. The fraction of sp³-hybridized carbons (Fsp3) is 1.00. The number of nitrogens with zero attached hydrogens (tertiary/aromatic N) is 1. The molecule has 3 heteroatoms. The fourth-order valence-corrected chi connectivity index (χ4v) is 2.33. The fourth-order valence-electron chi connectivity index (χ4n) is 2.33. The van der Waals surface area contributed by atoms with Crippen LogP contribution < -0.4 is 5.32 Å². The van der Waals surface area contributed by atoms with Gasteiger partial charge in [-0.25, -0.2) is 0 Å². The summed E-state index contributed by atoms with van der Waals surface area (Å²) in [5, 5.41) is 3.57. The second kappa shape index (κ2) is 5.99. The van der Waals surface area contributed by atoms with Crippen LogP contribution in [-0.2, 0) is 4.74 Å². The van der Waals surface area contributed by atoms with E-state index in [1.54, 1.807) is 0 Å². The van der Waals surface area contributed by atoms with Crippen LogP contribution >= 0.6 is 0 Å². The number of likely N-dealkylation sites (N-methyl/N-ethyl adjacent to an activating group) is 1. The maximum Gasteiger partial charge on any atom is 0.0593 e. The molecule has 16 heavy (non-hydrogen) atoms. The van der Waals surface area contributed by atoms with Crippen molar-refractivity contribution in [2.75, 3.05) is 39.9 Å². The summed E-state index contributed by atoms with van der Waals surface area (Å²) in [5.41, 5.74) is 0. The molecule has 2 aliphatic rings. The zero-order valence-electron chi connectivity index (χ0n) is 10.7. The molecule has 94 valence electrons. The molecule has 0 aromatic heterocycles. The Balaban J connectivity index is 1.51. The first-order chi connectivity index (χ1) is 7.75. The topological polar surface area (TPSA) is 24.5 Å². The molecule has 1 heterocycles. The molecule has 1 N–H and O–H groups in total. The van der Waals surface area contributed by atoms with E-state index in [1.807, 2.05) is 0 Å². The quantitative estimate of drug-likeness (QED) is 0.663. The summed E-state index contributed by atoms with van der Waals surface area (Å²) >= 11 is 0. The summed E-state index contributed by atoms with van der Waals surface area (Å²) in [6, 6.07) is 0.688. The standard InChI is InChI=1S/C13H26N2O/c1-11-5-6-14-13(11)9-15(2)7-8-16-10-12-3-4-12/h11-14H,3-10H2,1-2H3. The zero-order valence-corrected chi connectivity index (χ0v) is 10.7. The highest BCUT2D eigenvalue weighted by Gasteiger charge is 2.24. The van der Waals surface area contributed by atoms with E-state index in [1.165, 1.54) is 25.8 Å². The molecule has 0 bridgehead atoms. The summed E-state index contributed by atoms with van der Waals surface area (Å²) in [6.45, 7) is 7.66. The van der Waals surface area contributed by atoms with Gasteiger partial charge in [0.15, 0.2) is 0 Å². The average Bonchev–Trinajstić information content (AvgIpc) is 3.00. The lowest BCUT2D eigenvalue weighted by atomic mass is 10.0. The third-order valence-corrected chi connectivity index (χ3v) is 3.87. The molecule has 0 radical (unpaired) electrons. The third-order valence-electron chi connectivity index (χ3n) is 3.87. The molecule has 0 aromatic rings. The van der Waals surface area contributed by atoms with Crippen molar-refractivity contribution in [2.24, 2.45) is 11.8 Å². The number of nitrogens with one attached hydrogen (secondary N) is 1. The lowest BCUT2D eigenvalue weighted by Gasteiger charge is -2.23. The summed E-state index contributed by atoms with van der Waals surface area (Å²) in [4.78, 5) is 2.40. The van der Waals surface area contributed by atoms with Crippen LogP contribution in [0, 0.1) is 11.8 Å². The molecule has 1 aliphatic carbocycles. The second-order valence-corrected chi connectivity index (χ2v) is 5.61. The van der Waals surface area contributed by atoms with Crippen LogP contribution in [0.5, 0.6) is 0 Å². The van der Waals surface area contributed by atoms with Gasteiger partial charge in [0.2, 0.25) is 0 Å². The van der Waals surface area contributed by atoms with Gasteiger partial charge in [0, 0.05) is 25.7 Å². The van der Waals surface area contributed by atoms with Gasteiger partial charge >= 0.3 is 0 Å². The summed E-state index contributed by atoms with van der Waals surface area (Å²) in [6.07, 6.45) is 4.11. The second-order valence-electron chi connectivity index (χ2n) is 5.61. The van der Waals surface area contributed by atoms with Gasteiger partial charge in [-0.2, -0.15) is 0 Å². The van der Waals surface area contributed by atoms with Crippen molar-refractivity contribution in [3.05, 3.63) is 0 Å². The molecule has 3 nitrogen and oxygen atoms in total. The Morgan fingerprint density at radius 2 is 2.12 bits per heavy atom. The summed E-state index contributed by atoms with van der Waals surface area (Å²) in [5.74, 6) is 1.72. The molecule has 2 unspecified atom stereocenters. The molecule has 1 saturated heterocycles. The van der Waals surface area contributed by atoms with Gasteiger partial charge in [-0.15, -0.1) is 0 Å². The molecule has 1 aliphatic heterocycles. The van der Waals surface area contributed by atoms with Crippen molar-refractivity contribution >= 4 is 0 Å². The van der Waals surface area contributed by atoms with E-state index < -0.39 is 0 Å². The first-order valence-corrected chi connectivity index (χ1v) is 6.75. The van der Waals surface area contributed by atoms with E-state index in [4.69, 9.17) is 4.74 Å². The van der Waals surface area contributed by atoms with Gasteiger partial charge in [0.1, 0.15) is 0 Å². The number of hydrogen-bond donors (Lipinski definition) is 1. The van der Waals surface area contributed by atoms with Crippen molar-refractivity contribution in [3.8, 4) is 0 Å². The lowest BCUT2D eigenvalue weighted by molar-refractivity contribution is 0.100. The third kappa shape index (κ3) is 4.04. The molecule has 0 aromatic carbocycles. The van der Waals surface area contributed by atoms with Crippen molar-refractivity contribution in [1.29, 1.82) is 0 Å². The predicted molar refractivity (Wildman–Crippen MR) is 66.6 cm³/mol. The summed E-state index contributed by atoms with van der Waals surface area (Å²) in [7, 11) is 2.20. The van der Waals surface area contributed by atoms with Crippen molar-refractivity contribution < 1.29 is 4.74 Å². The highest BCUT2D eigenvalue weighted by molar-refractivity contribution is 4.82.